The van der Waals surface area contributed by atoms with E-state index >= 15 is 0 Å². The summed E-state index contributed by atoms with van der Waals surface area (Å²) in [4.78, 5) is 17.6. The fourth-order valence-corrected chi connectivity index (χ4v) is 2.38. The Bertz CT molecular complexity index is 404. The number of amides is 1. The van der Waals surface area contributed by atoms with Crippen molar-refractivity contribution in [2.45, 2.75) is 32.7 Å². The first-order valence-electron chi connectivity index (χ1n) is 6.00. The summed E-state index contributed by atoms with van der Waals surface area (Å²) in [6, 6.07) is 2.97. The number of pyridine rings is 1. The molecule has 17 heavy (non-hydrogen) atoms. The number of hydrogen-bond donors (Lipinski definition) is 0. The minimum absolute atomic E-state index is 0.0445. The van der Waals surface area contributed by atoms with Crippen LogP contribution in [0.15, 0.2) is 18.3 Å². The highest BCUT2D eigenvalue weighted by atomic mass is 19.1. The Labute approximate surface area is 101 Å². The standard InChI is InChI=1S/C13H17FN2O/c1-9-5-6-16(10(2)7-9)13(17)11-3-4-12(14)15-8-11/h3-4,8-10H,5-7H2,1-2H3. The summed E-state index contributed by atoms with van der Waals surface area (Å²) in [5, 5.41) is 0. The average Bonchev–Trinajstić information content (AvgIpc) is 2.29. The van der Waals surface area contributed by atoms with Crippen LogP contribution in [-0.2, 0) is 0 Å². The van der Waals surface area contributed by atoms with Crippen molar-refractivity contribution < 1.29 is 9.18 Å². The summed E-state index contributed by atoms with van der Waals surface area (Å²) in [7, 11) is 0. The van der Waals surface area contributed by atoms with Gasteiger partial charge in [-0.15, -0.1) is 0 Å². The largest absolute Gasteiger partial charge is 0.336 e. The molecule has 0 spiro atoms. The summed E-state index contributed by atoms with van der Waals surface area (Å²) in [6.07, 6.45) is 3.37. The van der Waals surface area contributed by atoms with Crippen LogP contribution in [0.4, 0.5) is 4.39 Å². The van der Waals surface area contributed by atoms with Crippen LogP contribution in [0.25, 0.3) is 0 Å². The smallest absolute Gasteiger partial charge is 0.255 e. The van der Waals surface area contributed by atoms with Gasteiger partial charge in [0.05, 0.1) is 5.56 Å². The zero-order valence-electron chi connectivity index (χ0n) is 10.2. The van der Waals surface area contributed by atoms with E-state index in [0.717, 1.165) is 19.4 Å². The van der Waals surface area contributed by atoms with Gasteiger partial charge in [-0.2, -0.15) is 4.39 Å². The van der Waals surface area contributed by atoms with Gasteiger partial charge < -0.3 is 4.90 Å². The van der Waals surface area contributed by atoms with Gasteiger partial charge in [-0.05, 0) is 37.8 Å². The zero-order valence-corrected chi connectivity index (χ0v) is 10.2. The summed E-state index contributed by atoms with van der Waals surface area (Å²) in [5.41, 5.74) is 0.466. The van der Waals surface area contributed by atoms with Crippen LogP contribution in [0.5, 0.6) is 0 Å². The number of likely N-dealkylation sites (tertiary alicyclic amines) is 1. The van der Waals surface area contributed by atoms with Crippen LogP contribution in [0.1, 0.15) is 37.0 Å². The van der Waals surface area contributed by atoms with Gasteiger partial charge in [0, 0.05) is 18.8 Å². The maximum Gasteiger partial charge on any atom is 0.255 e. The zero-order chi connectivity index (χ0) is 12.4. The predicted molar refractivity (Wildman–Crippen MR) is 63.1 cm³/mol. The van der Waals surface area contributed by atoms with Gasteiger partial charge in [0.25, 0.3) is 5.91 Å². The molecular weight excluding hydrogens is 219 g/mol. The fourth-order valence-electron chi connectivity index (χ4n) is 2.38. The molecule has 1 amide bonds. The SMILES string of the molecule is CC1CCN(C(=O)c2ccc(F)nc2)C(C)C1. The van der Waals surface area contributed by atoms with Crippen LogP contribution in [0.2, 0.25) is 0 Å². The molecule has 2 unspecified atom stereocenters. The Morgan fingerprint density at radius 3 is 2.82 bits per heavy atom. The highest BCUT2D eigenvalue weighted by Crippen LogP contribution is 2.23. The van der Waals surface area contributed by atoms with Gasteiger partial charge >= 0.3 is 0 Å². The number of rotatable bonds is 1. The van der Waals surface area contributed by atoms with Crippen LogP contribution in [0, 0.1) is 11.9 Å². The number of piperidine rings is 1. The fraction of sp³-hybridized carbons (Fsp3) is 0.538. The number of halogens is 1. The number of carbonyl (C=O) groups is 1. The minimum Gasteiger partial charge on any atom is -0.336 e. The highest BCUT2D eigenvalue weighted by Gasteiger charge is 2.27. The third-order valence-corrected chi connectivity index (χ3v) is 3.37. The maximum absolute atomic E-state index is 12.7. The van der Waals surface area contributed by atoms with Crippen molar-refractivity contribution >= 4 is 5.91 Å². The quantitative estimate of drug-likeness (QED) is 0.702. The van der Waals surface area contributed by atoms with Crippen molar-refractivity contribution in [1.29, 1.82) is 0 Å². The van der Waals surface area contributed by atoms with E-state index in [1.165, 1.54) is 18.3 Å². The van der Waals surface area contributed by atoms with E-state index in [-0.39, 0.29) is 11.9 Å². The molecule has 0 N–H and O–H groups in total. The summed E-state index contributed by atoms with van der Waals surface area (Å²) < 4.78 is 12.7. The lowest BCUT2D eigenvalue weighted by molar-refractivity contribution is 0.0588. The minimum atomic E-state index is -0.554. The van der Waals surface area contributed by atoms with Crippen molar-refractivity contribution in [3.05, 3.63) is 29.8 Å². The van der Waals surface area contributed by atoms with E-state index < -0.39 is 5.95 Å². The van der Waals surface area contributed by atoms with E-state index in [4.69, 9.17) is 0 Å². The Kier molecular flexibility index (Phi) is 3.41. The number of nitrogens with zero attached hydrogens (tertiary/aromatic N) is 2. The Hall–Kier alpha value is -1.45. The van der Waals surface area contributed by atoms with Gasteiger partial charge in [-0.25, -0.2) is 4.98 Å². The van der Waals surface area contributed by atoms with Gasteiger partial charge in [-0.3, -0.25) is 4.79 Å². The molecule has 0 bridgehead atoms. The van der Waals surface area contributed by atoms with Crippen molar-refractivity contribution in [2.24, 2.45) is 5.92 Å². The number of hydrogen-bond acceptors (Lipinski definition) is 2. The first-order valence-corrected chi connectivity index (χ1v) is 6.00. The molecule has 0 radical (unpaired) electrons. The highest BCUT2D eigenvalue weighted by molar-refractivity contribution is 5.94. The van der Waals surface area contributed by atoms with Crippen molar-refractivity contribution in [3.63, 3.8) is 0 Å². The molecule has 92 valence electrons. The molecular formula is C13H17FN2O. The molecule has 0 aromatic carbocycles. The lowest BCUT2D eigenvalue weighted by Gasteiger charge is -2.36. The van der Waals surface area contributed by atoms with Crippen molar-refractivity contribution in [2.75, 3.05) is 6.54 Å². The first kappa shape index (κ1) is 12.0. The molecule has 1 aliphatic heterocycles. The molecule has 2 heterocycles. The van der Waals surface area contributed by atoms with E-state index in [1.807, 2.05) is 4.90 Å². The number of carbonyl (C=O) groups excluding carboxylic acids is 1. The van der Waals surface area contributed by atoms with E-state index in [1.54, 1.807) is 0 Å². The third-order valence-electron chi connectivity index (χ3n) is 3.37. The molecule has 0 aliphatic carbocycles. The van der Waals surface area contributed by atoms with Crippen LogP contribution >= 0.6 is 0 Å². The number of aromatic nitrogens is 1. The lowest BCUT2D eigenvalue weighted by Crippen LogP contribution is -2.44. The van der Waals surface area contributed by atoms with Crippen LogP contribution in [-0.4, -0.2) is 28.4 Å². The second-order valence-electron chi connectivity index (χ2n) is 4.85. The van der Waals surface area contributed by atoms with Crippen molar-refractivity contribution in [3.8, 4) is 0 Å². The van der Waals surface area contributed by atoms with E-state index in [0.29, 0.717) is 11.5 Å². The monoisotopic (exact) mass is 236 g/mol. The molecule has 1 saturated heterocycles. The topological polar surface area (TPSA) is 33.2 Å². The van der Waals surface area contributed by atoms with Crippen molar-refractivity contribution in [1.82, 2.24) is 9.88 Å². The normalized spacial score (nSPS) is 24.8. The molecule has 2 rings (SSSR count). The van der Waals surface area contributed by atoms with Gasteiger partial charge in [0.2, 0.25) is 5.95 Å². The summed E-state index contributed by atoms with van der Waals surface area (Å²) in [5.74, 6) is 0.0687. The average molecular weight is 236 g/mol. The molecule has 3 nitrogen and oxygen atoms in total. The first-order chi connectivity index (χ1) is 8.08. The van der Waals surface area contributed by atoms with Gasteiger partial charge in [0.15, 0.2) is 0 Å². The van der Waals surface area contributed by atoms with Gasteiger partial charge in [0.1, 0.15) is 0 Å². The van der Waals surface area contributed by atoms with E-state index in [2.05, 4.69) is 18.8 Å². The lowest BCUT2D eigenvalue weighted by atomic mass is 9.93. The molecule has 2 atom stereocenters. The third kappa shape index (κ3) is 2.62. The Balaban J connectivity index is 2.12. The second kappa shape index (κ2) is 4.82. The molecule has 0 saturated carbocycles. The molecule has 1 fully saturated rings. The summed E-state index contributed by atoms with van der Waals surface area (Å²) in [6.45, 7) is 5.04. The summed E-state index contributed by atoms with van der Waals surface area (Å²) >= 11 is 0. The molecule has 1 aliphatic rings. The Morgan fingerprint density at radius 2 is 2.24 bits per heavy atom. The molecule has 1 aromatic rings. The van der Waals surface area contributed by atoms with Gasteiger partial charge in [-0.1, -0.05) is 6.92 Å². The Morgan fingerprint density at radius 1 is 1.47 bits per heavy atom. The predicted octanol–water partition coefficient (Wildman–Crippen LogP) is 2.48. The van der Waals surface area contributed by atoms with Crippen LogP contribution in [0.3, 0.4) is 0 Å². The maximum atomic E-state index is 12.7. The molecule has 1 aromatic heterocycles. The van der Waals surface area contributed by atoms with E-state index in [9.17, 15) is 9.18 Å². The van der Waals surface area contributed by atoms with Crippen LogP contribution < -0.4 is 0 Å². The molecule has 4 heteroatoms. The second-order valence-corrected chi connectivity index (χ2v) is 4.85.